The lowest BCUT2D eigenvalue weighted by molar-refractivity contribution is 0.286. The number of halogens is 1. The minimum atomic E-state index is -0.350. The van der Waals surface area contributed by atoms with Crippen LogP contribution in [-0.4, -0.2) is 21.0 Å². The molecule has 2 heterocycles. The number of rotatable bonds is 5. The van der Waals surface area contributed by atoms with E-state index >= 15 is 0 Å². The van der Waals surface area contributed by atoms with Crippen LogP contribution in [0.5, 0.6) is 17.2 Å². The van der Waals surface area contributed by atoms with Crippen LogP contribution < -0.4 is 24.7 Å². The summed E-state index contributed by atoms with van der Waals surface area (Å²) in [6.45, 7) is 2.89. The van der Waals surface area contributed by atoms with E-state index in [0.717, 1.165) is 35.0 Å². The Balaban J connectivity index is 1.82. The van der Waals surface area contributed by atoms with Gasteiger partial charge in [-0.05, 0) is 30.2 Å². The van der Waals surface area contributed by atoms with Crippen LogP contribution in [0.4, 0.5) is 5.69 Å². The molecule has 2 aromatic carbocycles. The van der Waals surface area contributed by atoms with Gasteiger partial charge in [-0.2, -0.15) is 0 Å². The molecule has 0 radical (unpaired) electrons. The summed E-state index contributed by atoms with van der Waals surface area (Å²) in [6, 6.07) is 9.01. The Morgan fingerprint density at radius 2 is 1.93 bits per heavy atom. The van der Waals surface area contributed by atoms with Gasteiger partial charge in [-0.3, -0.25) is 0 Å². The number of aryl methyl sites for hydroxylation is 1. The minimum Gasteiger partial charge on any atom is -0.495 e. The molecule has 0 saturated heterocycles. The summed E-state index contributed by atoms with van der Waals surface area (Å²) < 4.78 is 22.4. The molecule has 0 spiro atoms. The second-order valence-corrected chi connectivity index (χ2v) is 7.30. The molecule has 0 unspecified atom stereocenters. The van der Waals surface area contributed by atoms with Crippen LogP contribution in [0.3, 0.4) is 0 Å². The van der Waals surface area contributed by atoms with Gasteiger partial charge in [0.05, 0.1) is 37.0 Å². The van der Waals surface area contributed by atoms with Gasteiger partial charge in [0, 0.05) is 17.5 Å². The fraction of sp³-hybridized carbons (Fsp3) is 0.318. The average Bonchev–Trinajstić information content (AvgIpc) is 2.73. The summed E-state index contributed by atoms with van der Waals surface area (Å²) in [5.74, 6) is 1.86. The number of nitrogens with zero attached hydrogens (tertiary/aromatic N) is 1. The van der Waals surface area contributed by atoms with Gasteiger partial charge >= 0.3 is 5.63 Å². The van der Waals surface area contributed by atoms with E-state index in [-0.39, 0.29) is 5.63 Å². The highest BCUT2D eigenvalue weighted by atomic mass is 35.5. The highest BCUT2D eigenvalue weighted by Gasteiger charge is 2.25. The lowest BCUT2D eigenvalue weighted by Gasteiger charge is -2.32. The van der Waals surface area contributed by atoms with E-state index in [9.17, 15) is 4.79 Å². The number of ether oxygens (including phenoxy) is 3. The molecule has 29 heavy (non-hydrogen) atoms. The van der Waals surface area contributed by atoms with Crippen LogP contribution in [0.2, 0.25) is 5.02 Å². The third-order valence-corrected chi connectivity index (χ3v) is 5.39. The van der Waals surface area contributed by atoms with Gasteiger partial charge in [-0.15, -0.1) is 0 Å². The summed E-state index contributed by atoms with van der Waals surface area (Å²) in [5.41, 5.74) is 2.81. The van der Waals surface area contributed by atoms with Gasteiger partial charge in [-0.25, -0.2) is 4.79 Å². The largest absolute Gasteiger partial charge is 0.495 e. The molecule has 7 heteroatoms. The molecule has 1 aromatic heterocycles. The highest BCUT2D eigenvalue weighted by Crippen LogP contribution is 2.41. The van der Waals surface area contributed by atoms with Gasteiger partial charge in [-0.1, -0.05) is 24.9 Å². The van der Waals surface area contributed by atoms with E-state index < -0.39 is 0 Å². The van der Waals surface area contributed by atoms with Crippen molar-refractivity contribution in [1.29, 1.82) is 0 Å². The molecule has 4 rings (SSSR count). The zero-order valence-corrected chi connectivity index (χ0v) is 17.3. The second-order valence-electron chi connectivity index (χ2n) is 6.89. The standard InChI is InChI=1S/C22H22ClNO5/c1-4-5-13-8-21(25)29-22-14(13)6-7-18-15(22)11-24(12-28-18)17-9-16(23)19(26-2)10-20(17)27-3/h6-10H,4-5,11-12H2,1-3H3. The van der Waals surface area contributed by atoms with Crippen LogP contribution in [0, 0.1) is 0 Å². The number of methoxy groups -OCH3 is 2. The molecule has 152 valence electrons. The van der Waals surface area contributed by atoms with Gasteiger partial charge in [0.1, 0.15) is 22.8 Å². The van der Waals surface area contributed by atoms with E-state index in [1.807, 2.05) is 17.0 Å². The summed E-state index contributed by atoms with van der Waals surface area (Å²) in [5, 5.41) is 1.42. The van der Waals surface area contributed by atoms with Crippen molar-refractivity contribution in [2.75, 3.05) is 25.9 Å². The van der Waals surface area contributed by atoms with Crippen molar-refractivity contribution in [3.05, 3.63) is 56.9 Å². The molecule has 0 fully saturated rings. The SMILES string of the molecule is CCCc1cc(=O)oc2c3c(ccc12)OCN(c1cc(Cl)c(OC)cc1OC)C3. The Hall–Kier alpha value is -2.86. The van der Waals surface area contributed by atoms with Crippen molar-refractivity contribution in [3.8, 4) is 17.2 Å². The molecule has 1 aliphatic rings. The number of anilines is 1. The first-order valence-corrected chi connectivity index (χ1v) is 9.81. The van der Waals surface area contributed by atoms with E-state index in [1.165, 1.54) is 0 Å². The van der Waals surface area contributed by atoms with Gasteiger partial charge < -0.3 is 23.5 Å². The topological polar surface area (TPSA) is 61.1 Å². The molecule has 1 aliphatic heterocycles. The predicted molar refractivity (Wildman–Crippen MR) is 113 cm³/mol. The molecule has 0 amide bonds. The van der Waals surface area contributed by atoms with Crippen molar-refractivity contribution in [2.45, 2.75) is 26.3 Å². The third kappa shape index (κ3) is 3.49. The van der Waals surface area contributed by atoms with Crippen LogP contribution in [0.25, 0.3) is 11.0 Å². The van der Waals surface area contributed by atoms with Crippen molar-refractivity contribution in [2.24, 2.45) is 0 Å². The Morgan fingerprint density at radius 1 is 1.14 bits per heavy atom. The van der Waals surface area contributed by atoms with Crippen molar-refractivity contribution in [1.82, 2.24) is 0 Å². The lowest BCUT2D eigenvalue weighted by Crippen LogP contribution is -2.32. The summed E-state index contributed by atoms with van der Waals surface area (Å²) in [4.78, 5) is 14.1. The van der Waals surface area contributed by atoms with Crippen LogP contribution in [0.15, 0.2) is 39.5 Å². The van der Waals surface area contributed by atoms with Gasteiger partial charge in [0.15, 0.2) is 6.73 Å². The molecule has 6 nitrogen and oxygen atoms in total. The number of hydrogen-bond donors (Lipinski definition) is 0. The summed E-state index contributed by atoms with van der Waals surface area (Å²) in [7, 11) is 3.15. The minimum absolute atomic E-state index is 0.316. The van der Waals surface area contributed by atoms with Crippen molar-refractivity contribution >= 4 is 28.3 Å². The lowest BCUT2D eigenvalue weighted by atomic mass is 10.0. The molecule has 0 N–H and O–H groups in total. The Labute approximate surface area is 173 Å². The van der Waals surface area contributed by atoms with Crippen molar-refractivity contribution in [3.63, 3.8) is 0 Å². The van der Waals surface area contributed by atoms with E-state index in [0.29, 0.717) is 41.1 Å². The third-order valence-electron chi connectivity index (χ3n) is 5.10. The first-order valence-electron chi connectivity index (χ1n) is 9.43. The summed E-state index contributed by atoms with van der Waals surface area (Å²) >= 11 is 6.34. The molecule has 0 saturated carbocycles. The first kappa shape index (κ1) is 19.5. The van der Waals surface area contributed by atoms with Crippen LogP contribution in [0.1, 0.15) is 24.5 Å². The molecule has 0 bridgehead atoms. The monoisotopic (exact) mass is 415 g/mol. The van der Waals surface area contributed by atoms with Crippen LogP contribution >= 0.6 is 11.6 Å². The fourth-order valence-electron chi connectivity index (χ4n) is 3.72. The smallest absolute Gasteiger partial charge is 0.336 e. The first-order chi connectivity index (χ1) is 14.0. The normalized spacial score (nSPS) is 13.2. The van der Waals surface area contributed by atoms with Gasteiger partial charge in [0.2, 0.25) is 0 Å². The number of fused-ring (bicyclic) bond motifs is 3. The van der Waals surface area contributed by atoms with E-state index in [1.54, 1.807) is 32.4 Å². The number of benzene rings is 2. The zero-order chi connectivity index (χ0) is 20.5. The maximum absolute atomic E-state index is 12.2. The molecular formula is C22H22ClNO5. The van der Waals surface area contributed by atoms with E-state index in [2.05, 4.69) is 6.92 Å². The molecule has 3 aromatic rings. The molecular weight excluding hydrogens is 394 g/mol. The Bertz CT molecular complexity index is 1120. The maximum Gasteiger partial charge on any atom is 0.336 e. The Morgan fingerprint density at radius 3 is 2.66 bits per heavy atom. The van der Waals surface area contributed by atoms with E-state index in [4.69, 9.17) is 30.2 Å². The van der Waals surface area contributed by atoms with Gasteiger partial charge in [0.25, 0.3) is 0 Å². The fourth-order valence-corrected chi connectivity index (χ4v) is 3.96. The highest BCUT2D eigenvalue weighted by molar-refractivity contribution is 6.32. The van der Waals surface area contributed by atoms with Crippen molar-refractivity contribution < 1.29 is 18.6 Å². The maximum atomic E-state index is 12.2. The summed E-state index contributed by atoms with van der Waals surface area (Å²) in [6.07, 6.45) is 1.76. The Kier molecular flexibility index (Phi) is 5.28. The average molecular weight is 416 g/mol. The molecule has 0 aliphatic carbocycles. The predicted octanol–water partition coefficient (Wildman–Crippen LogP) is 4.77. The second kappa shape index (κ2) is 7.87. The molecule has 0 atom stereocenters. The zero-order valence-electron chi connectivity index (χ0n) is 16.6. The quantitative estimate of drug-likeness (QED) is 0.559. The van der Waals surface area contributed by atoms with Crippen LogP contribution in [-0.2, 0) is 13.0 Å². The number of hydrogen-bond acceptors (Lipinski definition) is 6.